The first-order valence-corrected chi connectivity index (χ1v) is 4.86. The average molecular weight is 225 g/mol. The number of aliphatic hydroxyl groups is 1. The lowest BCUT2D eigenvalue weighted by Gasteiger charge is -2.10. The lowest BCUT2D eigenvalue weighted by molar-refractivity contribution is -0.118. The standard InChI is InChI=1S/C11H15NO4/c1-15-9-2-3-10(8(6-9)7-13)16-5-4-11(12)14/h2-3,6,13H,4-5,7H2,1H3,(H2,12,14). The molecule has 3 N–H and O–H groups in total. The summed E-state index contributed by atoms with van der Waals surface area (Å²) in [5, 5.41) is 9.12. The van der Waals surface area contributed by atoms with Crippen molar-refractivity contribution in [3.63, 3.8) is 0 Å². The molecule has 0 aliphatic rings. The number of nitrogens with two attached hydrogens (primary N) is 1. The van der Waals surface area contributed by atoms with Crippen molar-refractivity contribution in [3.05, 3.63) is 23.8 Å². The van der Waals surface area contributed by atoms with Crippen LogP contribution in [-0.4, -0.2) is 24.7 Å². The van der Waals surface area contributed by atoms with Gasteiger partial charge in [0.25, 0.3) is 0 Å². The van der Waals surface area contributed by atoms with Crippen LogP contribution in [0.1, 0.15) is 12.0 Å². The number of hydrogen-bond acceptors (Lipinski definition) is 4. The smallest absolute Gasteiger partial charge is 0.220 e. The van der Waals surface area contributed by atoms with Gasteiger partial charge >= 0.3 is 0 Å². The molecule has 1 amide bonds. The first kappa shape index (κ1) is 12.3. The van der Waals surface area contributed by atoms with Crippen LogP contribution in [0.4, 0.5) is 0 Å². The van der Waals surface area contributed by atoms with Crippen LogP contribution in [0, 0.1) is 0 Å². The van der Waals surface area contributed by atoms with Gasteiger partial charge in [-0.25, -0.2) is 0 Å². The van der Waals surface area contributed by atoms with E-state index in [9.17, 15) is 4.79 Å². The summed E-state index contributed by atoms with van der Waals surface area (Å²) in [6.07, 6.45) is 0.150. The lowest BCUT2D eigenvalue weighted by atomic mass is 10.2. The molecule has 1 aromatic rings. The zero-order chi connectivity index (χ0) is 12.0. The first-order chi connectivity index (χ1) is 7.67. The predicted molar refractivity (Wildman–Crippen MR) is 58.2 cm³/mol. The molecule has 1 rings (SSSR count). The van der Waals surface area contributed by atoms with Crippen LogP contribution in [-0.2, 0) is 11.4 Å². The fraction of sp³-hybridized carbons (Fsp3) is 0.364. The van der Waals surface area contributed by atoms with Crippen molar-refractivity contribution in [2.45, 2.75) is 13.0 Å². The highest BCUT2D eigenvalue weighted by Crippen LogP contribution is 2.24. The van der Waals surface area contributed by atoms with Crippen molar-refractivity contribution >= 4 is 5.91 Å². The largest absolute Gasteiger partial charge is 0.497 e. The summed E-state index contributed by atoms with van der Waals surface area (Å²) >= 11 is 0. The number of methoxy groups -OCH3 is 1. The van der Waals surface area contributed by atoms with Gasteiger partial charge in [-0.15, -0.1) is 0 Å². The molecule has 0 radical (unpaired) electrons. The van der Waals surface area contributed by atoms with Crippen LogP contribution in [0.3, 0.4) is 0 Å². The van der Waals surface area contributed by atoms with Gasteiger partial charge in [-0.05, 0) is 18.2 Å². The maximum atomic E-state index is 10.5. The second-order valence-corrected chi connectivity index (χ2v) is 3.20. The highest BCUT2D eigenvalue weighted by Gasteiger charge is 2.05. The predicted octanol–water partition coefficient (Wildman–Crippen LogP) is 0.442. The minimum Gasteiger partial charge on any atom is -0.497 e. The van der Waals surface area contributed by atoms with E-state index in [0.717, 1.165) is 0 Å². The topological polar surface area (TPSA) is 81.8 Å². The molecule has 0 saturated carbocycles. The average Bonchev–Trinajstić information content (AvgIpc) is 2.29. The molecule has 0 aromatic heterocycles. The van der Waals surface area contributed by atoms with E-state index in [2.05, 4.69) is 0 Å². The van der Waals surface area contributed by atoms with Crippen LogP contribution in [0.15, 0.2) is 18.2 Å². The Morgan fingerprint density at radius 1 is 1.50 bits per heavy atom. The van der Waals surface area contributed by atoms with E-state index in [1.54, 1.807) is 25.3 Å². The summed E-state index contributed by atoms with van der Waals surface area (Å²) < 4.78 is 10.3. The molecule has 0 bridgehead atoms. The van der Waals surface area contributed by atoms with E-state index in [1.807, 2.05) is 0 Å². The van der Waals surface area contributed by atoms with Gasteiger partial charge in [0.15, 0.2) is 0 Å². The van der Waals surface area contributed by atoms with E-state index in [4.69, 9.17) is 20.3 Å². The molecule has 88 valence electrons. The van der Waals surface area contributed by atoms with Crippen LogP contribution in [0.5, 0.6) is 11.5 Å². The number of ether oxygens (including phenoxy) is 2. The number of hydrogen-bond donors (Lipinski definition) is 2. The number of carbonyl (C=O) groups is 1. The number of primary amides is 1. The normalized spacial score (nSPS) is 9.88. The molecule has 0 spiro atoms. The lowest BCUT2D eigenvalue weighted by Crippen LogP contribution is -2.15. The van der Waals surface area contributed by atoms with Crippen LogP contribution >= 0.6 is 0 Å². The van der Waals surface area contributed by atoms with E-state index < -0.39 is 5.91 Å². The number of rotatable bonds is 6. The zero-order valence-corrected chi connectivity index (χ0v) is 9.10. The van der Waals surface area contributed by atoms with Crippen molar-refractivity contribution in [1.82, 2.24) is 0 Å². The van der Waals surface area contributed by atoms with Gasteiger partial charge in [-0.1, -0.05) is 0 Å². The molecule has 16 heavy (non-hydrogen) atoms. The fourth-order valence-electron chi connectivity index (χ4n) is 1.21. The summed E-state index contributed by atoms with van der Waals surface area (Å²) in [6, 6.07) is 5.09. The van der Waals surface area contributed by atoms with Crippen molar-refractivity contribution in [1.29, 1.82) is 0 Å². The zero-order valence-electron chi connectivity index (χ0n) is 9.10. The van der Waals surface area contributed by atoms with Crippen LogP contribution in [0.2, 0.25) is 0 Å². The highest BCUT2D eigenvalue weighted by molar-refractivity contribution is 5.73. The quantitative estimate of drug-likeness (QED) is 0.736. The molecule has 0 aliphatic heterocycles. The van der Waals surface area contributed by atoms with Gasteiger partial charge in [-0.3, -0.25) is 4.79 Å². The molecular formula is C11H15NO4. The molecule has 0 saturated heterocycles. The molecule has 0 atom stereocenters. The molecule has 1 aromatic carbocycles. The molecule has 0 heterocycles. The van der Waals surface area contributed by atoms with E-state index in [-0.39, 0.29) is 19.6 Å². The van der Waals surface area contributed by atoms with Gasteiger partial charge in [0.05, 0.1) is 26.7 Å². The van der Waals surface area contributed by atoms with Gasteiger partial charge in [-0.2, -0.15) is 0 Å². The number of aliphatic hydroxyl groups excluding tert-OH is 1. The second-order valence-electron chi connectivity index (χ2n) is 3.20. The van der Waals surface area contributed by atoms with Gasteiger partial charge in [0.2, 0.25) is 5.91 Å². The first-order valence-electron chi connectivity index (χ1n) is 4.86. The minimum absolute atomic E-state index is 0.150. The highest BCUT2D eigenvalue weighted by atomic mass is 16.5. The Labute approximate surface area is 93.8 Å². The second kappa shape index (κ2) is 5.97. The van der Waals surface area contributed by atoms with Crippen molar-refractivity contribution in [3.8, 4) is 11.5 Å². The number of benzene rings is 1. The SMILES string of the molecule is COc1ccc(OCCC(N)=O)c(CO)c1. The van der Waals surface area contributed by atoms with E-state index in [1.165, 1.54) is 0 Å². The van der Waals surface area contributed by atoms with Crippen molar-refractivity contribution < 1.29 is 19.4 Å². The maximum Gasteiger partial charge on any atom is 0.220 e. The molecule has 5 nitrogen and oxygen atoms in total. The monoisotopic (exact) mass is 225 g/mol. The summed E-state index contributed by atoms with van der Waals surface area (Å²) in [4.78, 5) is 10.5. The van der Waals surface area contributed by atoms with E-state index >= 15 is 0 Å². The molecule has 5 heteroatoms. The minimum atomic E-state index is -0.418. The Kier molecular flexibility index (Phi) is 4.60. The van der Waals surface area contributed by atoms with Gasteiger partial charge in [0.1, 0.15) is 11.5 Å². The van der Waals surface area contributed by atoms with Gasteiger partial charge < -0.3 is 20.3 Å². The molecule has 0 unspecified atom stereocenters. The number of carbonyl (C=O) groups excluding carboxylic acids is 1. The Hall–Kier alpha value is -1.75. The van der Waals surface area contributed by atoms with Crippen molar-refractivity contribution in [2.75, 3.05) is 13.7 Å². The van der Waals surface area contributed by atoms with Crippen LogP contribution < -0.4 is 15.2 Å². The molecule has 0 aliphatic carbocycles. The summed E-state index contributed by atoms with van der Waals surface area (Å²) in [7, 11) is 1.55. The Bertz CT molecular complexity index is 365. The summed E-state index contributed by atoms with van der Waals surface area (Å²) in [6.45, 7) is 0.0533. The number of amides is 1. The Morgan fingerprint density at radius 2 is 2.25 bits per heavy atom. The van der Waals surface area contributed by atoms with E-state index in [0.29, 0.717) is 17.1 Å². The van der Waals surface area contributed by atoms with Gasteiger partial charge in [0, 0.05) is 5.56 Å². The Morgan fingerprint density at radius 3 is 2.81 bits per heavy atom. The third kappa shape index (κ3) is 3.43. The summed E-state index contributed by atoms with van der Waals surface area (Å²) in [5.41, 5.74) is 5.60. The third-order valence-corrected chi connectivity index (χ3v) is 2.04. The van der Waals surface area contributed by atoms with Crippen molar-refractivity contribution in [2.24, 2.45) is 5.73 Å². The molecule has 0 fully saturated rings. The maximum absolute atomic E-state index is 10.5. The fourth-order valence-corrected chi connectivity index (χ4v) is 1.21. The third-order valence-electron chi connectivity index (χ3n) is 2.04. The summed E-state index contributed by atoms with van der Waals surface area (Å²) in [5.74, 6) is 0.759. The van der Waals surface area contributed by atoms with Crippen LogP contribution in [0.25, 0.3) is 0 Å². The molecular weight excluding hydrogens is 210 g/mol. The Balaban J connectivity index is 2.68.